The zero-order valence-electron chi connectivity index (χ0n) is 17.7. The molecular formula is C25H16Cl5FN2O2. The van der Waals surface area contributed by atoms with E-state index in [0.717, 1.165) is 0 Å². The summed E-state index contributed by atoms with van der Waals surface area (Å²) in [5, 5.41) is 6.08. The van der Waals surface area contributed by atoms with Crippen LogP contribution in [0.15, 0.2) is 61.2 Å². The van der Waals surface area contributed by atoms with Gasteiger partial charge in [-0.2, -0.15) is 0 Å². The lowest BCUT2D eigenvalue weighted by molar-refractivity contribution is -0.117. The van der Waals surface area contributed by atoms with Gasteiger partial charge in [0, 0.05) is 21.7 Å². The predicted molar refractivity (Wildman–Crippen MR) is 142 cm³/mol. The molecule has 2 N–H and O–H groups in total. The van der Waals surface area contributed by atoms with Gasteiger partial charge in [0.2, 0.25) is 5.91 Å². The quantitative estimate of drug-likeness (QED) is 0.293. The van der Waals surface area contributed by atoms with Crippen LogP contribution in [0.5, 0.6) is 0 Å². The average molecular weight is 573 g/mol. The van der Waals surface area contributed by atoms with E-state index in [1.54, 1.807) is 24.3 Å². The number of nitrogens with one attached hydrogen (secondary N) is 2. The van der Waals surface area contributed by atoms with Crippen molar-refractivity contribution in [3.05, 3.63) is 98.8 Å². The van der Waals surface area contributed by atoms with Gasteiger partial charge >= 0.3 is 0 Å². The second kappa shape index (κ2) is 10.00. The third kappa shape index (κ3) is 5.45. The highest BCUT2D eigenvalue weighted by molar-refractivity contribution is 6.53. The first-order valence-electron chi connectivity index (χ1n) is 10.2. The molecule has 1 aliphatic rings. The summed E-state index contributed by atoms with van der Waals surface area (Å²) in [6.45, 7) is 3.58. The fourth-order valence-corrected chi connectivity index (χ4v) is 5.34. The van der Waals surface area contributed by atoms with Gasteiger partial charge in [-0.15, -0.1) is 23.2 Å². The summed E-state index contributed by atoms with van der Waals surface area (Å²) in [5.41, 5.74) is 1.49. The molecule has 3 aromatic rings. The van der Waals surface area contributed by atoms with Crippen molar-refractivity contribution in [2.75, 3.05) is 10.6 Å². The molecule has 1 saturated carbocycles. The lowest BCUT2D eigenvalue weighted by atomic mass is 10.1. The summed E-state index contributed by atoms with van der Waals surface area (Å²) in [6, 6.07) is 13.5. The topological polar surface area (TPSA) is 58.2 Å². The molecule has 2 amide bonds. The lowest BCUT2D eigenvalue weighted by Crippen LogP contribution is -2.18. The van der Waals surface area contributed by atoms with Gasteiger partial charge in [-0.25, -0.2) is 4.39 Å². The summed E-state index contributed by atoms with van der Waals surface area (Å²) in [4.78, 5) is 25.7. The van der Waals surface area contributed by atoms with Gasteiger partial charge in [-0.3, -0.25) is 9.59 Å². The molecule has 2 atom stereocenters. The summed E-state index contributed by atoms with van der Waals surface area (Å²) in [6.07, 6.45) is 1.49. The van der Waals surface area contributed by atoms with Crippen LogP contribution < -0.4 is 10.6 Å². The Balaban J connectivity index is 1.51. The third-order valence-corrected chi connectivity index (χ3v) is 7.24. The first-order chi connectivity index (χ1) is 16.5. The molecule has 3 aromatic carbocycles. The highest BCUT2D eigenvalue weighted by atomic mass is 35.5. The van der Waals surface area contributed by atoms with Gasteiger partial charge in [0.15, 0.2) is 0 Å². The van der Waals surface area contributed by atoms with Crippen molar-refractivity contribution in [2.45, 2.75) is 10.3 Å². The number of amides is 2. The first-order valence-corrected chi connectivity index (χ1v) is 12.1. The average Bonchev–Trinajstić information content (AvgIpc) is 3.37. The minimum Gasteiger partial charge on any atom is -0.326 e. The molecular weight excluding hydrogens is 557 g/mol. The molecule has 180 valence electrons. The van der Waals surface area contributed by atoms with Crippen molar-refractivity contribution in [3.63, 3.8) is 0 Å². The van der Waals surface area contributed by atoms with Crippen LogP contribution in [0.25, 0.3) is 6.08 Å². The van der Waals surface area contributed by atoms with Crippen LogP contribution in [-0.2, 0) is 4.79 Å². The van der Waals surface area contributed by atoms with E-state index in [-0.39, 0.29) is 22.0 Å². The Hall–Kier alpha value is -2.28. The number of hydrogen-bond donors (Lipinski definition) is 2. The van der Waals surface area contributed by atoms with E-state index >= 15 is 0 Å². The highest BCUT2D eigenvalue weighted by Gasteiger charge is 2.67. The molecule has 0 saturated heterocycles. The molecule has 0 radical (unpaired) electrons. The fourth-order valence-electron chi connectivity index (χ4n) is 3.77. The van der Waals surface area contributed by atoms with Crippen molar-refractivity contribution in [2.24, 2.45) is 5.92 Å². The number of anilines is 2. The van der Waals surface area contributed by atoms with Crippen LogP contribution in [0, 0.1) is 11.7 Å². The maximum atomic E-state index is 14.3. The number of rotatable bonds is 6. The second-order valence-electron chi connectivity index (χ2n) is 7.91. The molecule has 2 unspecified atom stereocenters. The van der Waals surface area contributed by atoms with Gasteiger partial charge < -0.3 is 10.6 Å². The van der Waals surface area contributed by atoms with Crippen molar-refractivity contribution in [3.8, 4) is 0 Å². The second-order valence-corrected chi connectivity index (χ2v) is 10.6. The molecule has 0 aromatic heterocycles. The normalized spacial score (nSPS) is 18.0. The largest absolute Gasteiger partial charge is 0.326 e. The van der Waals surface area contributed by atoms with Crippen LogP contribution in [-0.4, -0.2) is 16.1 Å². The Labute approximate surface area is 226 Å². The maximum Gasteiger partial charge on any atom is 0.257 e. The van der Waals surface area contributed by atoms with Crippen LogP contribution in [0.1, 0.15) is 27.4 Å². The molecule has 0 spiro atoms. The Morgan fingerprint density at radius 3 is 2.26 bits per heavy atom. The van der Waals surface area contributed by atoms with E-state index < -0.39 is 33.8 Å². The number of halogens is 6. The number of carbonyl (C=O) groups excluding carboxylic acids is 2. The third-order valence-electron chi connectivity index (χ3n) is 5.54. The monoisotopic (exact) mass is 570 g/mol. The fraction of sp³-hybridized carbons (Fsp3) is 0.120. The van der Waals surface area contributed by atoms with Gasteiger partial charge in [-0.1, -0.05) is 53.5 Å². The summed E-state index contributed by atoms with van der Waals surface area (Å²) < 4.78 is 12.9. The van der Waals surface area contributed by atoms with Gasteiger partial charge in [0.05, 0.1) is 22.2 Å². The van der Waals surface area contributed by atoms with Crippen molar-refractivity contribution in [1.82, 2.24) is 0 Å². The van der Waals surface area contributed by atoms with Crippen LogP contribution >= 0.6 is 58.0 Å². The zero-order valence-corrected chi connectivity index (χ0v) is 21.5. The van der Waals surface area contributed by atoms with Crippen molar-refractivity contribution < 1.29 is 14.0 Å². The number of carbonyl (C=O) groups is 2. The Morgan fingerprint density at radius 1 is 0.943 bits per heavy atom. The minimum absolute atomic E-state index is 0.0267. The molecule has 1 fully saturated rings. The van der Waals surface area contributed by atoms with E-state index in [9.17, 15) is 14.0 Å². The molecule has 35 heavy (non-hydrogen) atoms. The lowest BCUT2D eigenvalue weighted by Gasteiger charge is -2.11. The molecule has 0 aliphatic heterocycles. The standard InChI is InChI=1S/C25H16Cl5FN2O2/c1-2-12-3-6-20(19(31)7-12)33-23(34)17-11-16(4-5-18(17)28)32-24(35)22-21(25(22,29)30)13-8-14(26)10-15(27)9-13/h2-11,21-22H,1H2,(H,32,35)(H,33,34). The Kier molecular flexibility index (Phi) is 7.37. The molecule has 0 bridgehead atoms. The highest BCUT2D eigenvalue weighted by Crippen LogP contribution is 2.65. The smallest absolute Gasteiger partial charge is 0.257 e. The van der Waals surface area contributed by atoms with Gasteiger partial charge in [0.1, 0.15) is 10.2 Å². The van der Waals surface area contributed by atoms with Crippen LogP contribution in [0.2, 0.25) is 15.1 Å². The summed E-state index contributed by atoms with van der Waals surface area (Å²) in [7, 11) is 0. The van der Waals surface area contributed by atoms with Crippen molar-refractivity contribution in [1.29, 1.82) is 0 Å². The van der Waals surface area contributed by atoms with Crippen LogP contribution in [0.3, 0.4) is 0 Å². The van der Waals surface area contributed by atoms with Crippen LogP contribution in [0.4, 0.5) is 15.8 Å². The van der Waals surface area contributed by atoms with E-state index in [4.69, 9.17) is 58.0 Å². The van der Waals surface area contributed by atoms with Crippen molar-refractivity contribution >= 4 is 87.3 Å². The zero-order chi connectivity index (χ0) is 25.5. The first kappa shape index (κ1) is 25.8. The number of hydrogen-bond acceptors (Lipinski definition) is 2. The molecule has 4 rings (SSSR count). The van der Waals surface area contributed by atoms with Gasteiger partial charge in [-0.05, 0) is 59.7 Å². The maximum absolute atomic E-state index is 14.3. The molecule has 0 heterocycles. The Bertz CT molecular complexity index is 1340. The summed E-state index contributed by atoms with van der Waals surface area (Å²) in [5.74, 6) is -3.06. The van der Waals surface area contributed by atoms with Gasteiger partial charge in [0.25, 0.3) is 5.91 Å². The van der Waals surface area contributed by atoms with E-state index in [1.165, 1.54) is 36.4 Å². The molecule has 10 heteroatoms. The SMILES string of the molecule is C=Cc1ccc(NC(=O)c2cc(NC(=O)C3C(c4cc(Cl)cc(Cl)c4)C3(Cl)Cl)ccc2Cl)c(F)c1. The minimum atomic E-state index is -1.36. The summed E-state index contributed by atoms with van der Waals surface area (Å²) >= 11 is 31.1. The number of alkyl halides is 2. The van der Waals surface area contributed by atoms with E-state index in [1.807, 2.05) is 0 Å². The van der Waals surface area contributed by atoms with E-state index in [2.05, 4.69) is 17.2 Å². The van der Waals surface area contributed by atoms with E-state index in [0.29, 0.717) is 21.2 Å². The molecule has 4 nitrogen and oxygen atoms in total. The molecule has 1 aliphatic carbocycles. The Morgan fingerprint density at radius 2 is 1.63 bits per heavy atom. The predicted octanol–water partition coefficient (Wildman–Crippen LogP) is 8.21. The number of benzene rings is 3.